The fourth-order valence-electron chi connectivity index (χ4n) is 2.40. The first kappa shape index (κ1) is 16.4. The fourth-order valence-corrected chi connectivity index (χ4v) is 2.40. The second-order valence-corrected chi connectivity index (χ2v) is 5.51. The van der Waals surface area contributed by atoms with Gasteiger partial charge >= 0.3 is 0 Å². The van der Waals surface area contributed by atoms with Crippen molar-refractivity contribution >= 4 is 28.3 Å². The summed E-state index contributed by atoms with van der Waals surface area (Å²) in [5.74, 6) is 0.0503. The maximum Gasteiger partial charge on any atom is 0.262 e. The molecule has 3 rings (SSSR count). The van der Waals surface area contributed by atoms with E-state index in [0.29, 0.717) is 22.5 Å². The van der Waals surface area contributed by atoms with Gasteiger partial charge in [0, 0.05) is 22.7 Å². The second-order valence-electron chi connectivity index (χ2n) is 5.51. The van der Waals surface area contributed by atoms with E-state index in [0.717, 1.165) is 5.39 Å². The summed E-state index contributed by atoms with van der Waals surface area (Å²) in [5.41, 5.74) is 1.46. The first-order valence-electron chi connectivity index (χ1n) is 7.68. The molecule has 126 valence electrons. The number of pyridine rings is 1. The molecule has 6 nitrogen and oxygen atoms in total. The molecule has 0 atom stereocenters. The van der Waals surface area contributed by atoms with Gasteiger partial charge in [0.05, 0.1) is 5.52 Å². The monoisotopic (exact) mass is 336 g/mol. The largest absolute Gasteiger partial charge is 0.482 e. The first-order valence-corrected chi connectivity index (χ1v) is 7.68. The minimum absolute atomic E-state index is 0.0360. The van der Waals surface area contributed by atoms with Crippen LogP contribution >= 0.6 is 0 Å². The van der Waals surface area contributed by atoms with Crippen molar-refractivity contribution < 1.29 is 14.3 Å². The molecule has 1 heterocycles. The van der Waals surface area contributed by atoms with Gasteiger partial charge in [-0.05, 0) is 43.3 Å². The zero-order valence-corrected chi connectivity index (χ0v) is 13.5. The van der Waals surface area contributed by atoms with Crippen LogP contribution in [0.25, 0.3) is 10.9 Å². The van der Waals surface area contributed by atoms with Crippen molar-refractivity contribution in [3.63, 3.8) is 0 Å². The SMILES string of the molecule is CC(=O)c1ccc(NC(=O)COc2cccc3ccc(=O)[nH]c23)cc1. The molecule has 0 fully saturated rings. The highest BCUT2D eigenvalue weighted by molar-refractivity contribution is 5.96. The molecule has 6 heteroatoms. The Morgan fingerprint density at radius 2 is 1.80 bits per heavy atom. The predicted octanol–water partition coefficient (Wildman–Crippen LogP) is 2.75. The number of hydrogen-bond donors (Lipinski definition) is 2. The lowest BCUT2D eigenvalue weighted by atomic mass is 10.1. The molecule has 0 radical (unpaired) electrons. The summed E-state index contributed by atoms with van der Waals surface area (Å²) in [6.07, 6.45) is 0. The van der Waals surface area contributed by atoms with E-state index >= 15 is 0 Å². The van der Waals surface area contributed by atoms with E-state index in [4.69, 9.17) is 4.74 Å². The molecule has 0 aliphatic rings. The molecule has 1 aromatic heterocycles. The van der Waals surface area contributed by atoms with Crippen molar-refractivity contribution in [1.82, 2.24) is 4.98 Å². The molecule has 0 aliphatic carbocycles. The topological polar surface area (TPSA) is 88.3 Å². The third kappa shape index (κ3) is 3.92. The van der Waals surface area contributed by atoms with Crippen molar-refractivity contribution in [2.45, 2.75) is 6.92 Å². The van der Waals surface area contributed by atoms with Gasteiger partial charge in [0.1, 0.15) is 5.75 Å². The minimum Gasteiger partial charge on any atom is -0.482 e. The number of para-hydroxylation sites is 1. The zero-order chi connectivity index (χ0) is 17.8. The summed E-state index contributed by atoms with van der Waals surface area (Å²) in [7, 11) is 0. The third-order valence-corrected chi connectivity index (χ3v) is 3.65. The van der Waals surface area contributed by atoms with E-state index in [1.54, 1.807) is 42.5 Å². The van der Waals surface area contributed by atoms with Crippen LogP contribution < -0.4 is 15.6 Å². The van der Waals surface area contributed by atoms with E-state index in [1.807, 2.05) is 6.07 Å². The lowest BCUT2D eigenvalue weighted by Gasteiger charge is -2.10. The van der Waals surface area contributed by atoms with Gasteiger partial charge in [-0.15, -0.1) is 0 Å². The maximum atomic E-state index is 12.0. The highest BCUT2D eigenvalue weighted by Crippen LogP contribution is 2.22. The number of rotatable bonds is 5. The van der Waals surface area contributed by atoms with E-state index in [9.17, 15) is 14.4 Å². The minimum atomic E-state index is -0.342. The molecule has 25 heavy (non-hydrogen) atoms. The van der Waals surface area contributed by atoms with E-state index in [1.165, 1.54) is 13.0 Å². The number of ketones is 1. The summed E-state index contributed by atoms with van der Waals surface area (Å²) in [6, 6.07) is 15.0. The number of aromatic nitrogens is 1. The standard InChI is InChI=1S/C19H16N2O4/c1-12(22)13-5-8-15(9-6-13)20-18(24)11-25-16-4-2-3-14-7-10-17(23)21-19(14)16/h2-10H,11H2,1H3,(H,20,24)(H,21,23). The molecule has 0 bridgehead atoms. The number of carbonyl (C=O) groups excluding carboxylic acids is 2. The highest BCUT2D eigenvalue weighted by atomic mass is 16.5. The zero-order valence-electron chi connectivity index (χ0n) is 13.5. The molecule has 1 amide bonds. The average molecular weight is 336 g/mol. The molecule has 3 aromatic rings. The first-order chi connectivity index (χ1) is 12.0. The van der Waals surface area contributed by atoms with Crippen LogP contribution in [0.4, 0.5) is 5.69 Å². The van der Waals surface area contributed by atoms with Crippen LogP contribution in [0.1, 0.15) is 17.3 Å². The molecular weight excluding hydrogens is 320 g/mol. The lowest BCUT2D eigenvalue weighted by molar-refractivity contribution is -0.118. The highest BCUT2D eigenvalue weighted by Gasteiger charge is 2.08. The maximum absolute atomic E-state index is 12.0. The summed E-state index contributed by atoms with van der Waals surface area (Å²) < 4.78 is 5.53. The van der Waals surface area contributed by atoms with Crippen LogP contribution in [0, 0.1) is 0 Å². The number of Topliss-reactive ketones (excluding diaryl/α,β-unsaturated/α-hetero) is 1. The Morgan fingerprint density at radius 3 is 2.52 bits per heavy atom. The lowest BCUT2D eigenvalue weighted by Crippen LogP contribution is -2.20. The van der Waals surface area contributed by atoms with Crippen LogP contribution in [-0.2, 0) is 4.79 Å². The predicted molar refractivity (Wildman–Crippen MR) is 95.1 cm³/mol. The summed E-state index contributed by atoms with van der Waals surface area (Å²) >= 11 is 0. The molecule has 0 saturated carbocycles. The van der Waals surface area contributed by atoms with Gasteiger partial charge in [0.25, 0.3) is 5.91 Å². The van der Waals surface area contributed by atoms with Crippen molar-refractivity contribution in [1.29, 1.82) is 0 Å². The van der Waals surface area contributed by atoms with Gasteiger partial charge in [0.15, 0.2) is 12.4 Å². The van der Waals surface area contributed by atoms with E-state index in [2.05, 4.69) is 10.3 Å². The summed E-state index contributed by atoms with van der Waals surface area (Å²) in [5, 5.41) is 3.51. The fraction of sp³-hybridized carbons (Fsp3) is 0.105. The molecule has 0 unspecified atom stereocenters. The van der Waals surface area contributed by atoms with Crippen LogP contribution in [-0.4, -0.2) is 23.3 Å². The Hall–Kier alpha value is -3.41. The van der Waals surface area contributed by atoms with Crippen molar-refractivity contribution in [2.24, 2.45) is 0 Å². The number of ether oxygens (including phenoxy) is 1. The number of hydrogen-bond acceptors (Lipinski definition) is 4. The molecule has 0 spiro atoms. The van der Waals surface area contributed by atoms with Crippen molar-refractivity contribution in [2.75, 3.05) is 11.9 Å². The Kier molecular flexibility index (Phi) is 4.61. The number of anilines is 1. The van der Waals surface area contributed by atoms with Gasteiger partial charge in [-0.25, -0.2) is 0 Å². The van der Waals surface area contributed by atoms with Crippen LogP contribution in [0.5, 0.6) is 5.75 Å². The quantitative estimate of drug-likeness (QED) is 0.701. The normalized spacial score (nSPS) is 10.4. The molecule has 2 aromatic carbocycles. The third-order valence-electron chi connectivity index (χ3n) is 3.65. The Bertz CT molecular complexity index is 990. The molecule has 2 N–H and O–H groups in total. The number of H-pyrrole nitrogens is 1. The second kappa shape index (κ2) is 7.00. The number of fused-ring (bicyclic) bond motifs is 1. The summed E-state index contributed by atoms with van der Waals surface area (Å²) in [6.45, 7) is 1.28. The summed E-state index contributed by atoms with van der Waals surface area (Å²) in [4.78, 5) is 37.4. The number of aromatic amines is 1. The smallest absolute Gasteiger partial charge is 0.262 e. The van der Waals surface area contributed by atoms with Gasteiger partial charge in [0.2, 0.25) is 5.56 Å². The number of amides is 1. The number of nitrogens with one attached hydrogen (secondary N) is 2. The number of benzene rings is 2. The van der Waals surface area contributed by atoms with Gasteiger partial charge in [-0.2, -0.15) is 0 Å². The Morgan fingerprint density at radius 1 is 1.04 bits per heavy atom. The van der Waals surface area contributed by atoms with Gasteiger partial charge in [-0.3, -0.25) is 14.4 Å². The molecule has 0 saturated heterocycles. The van der Waals surface area contributed by atoms with E-state index < -0.39 is 0 Å². The number of carbonyl (C=O) groups is 2. The molecule has 0 aliphatic heterocycles. The van der Waals surface area contributed by atoms with Gasteiger partial charge in [-0.1, -0.05) is 12.1 Å². The van der Waals surface area contributed by atoms with Gasteiger partial charge < -0.3 is 15.0 Å². The average Bonchev–Trinajstić information content (AvgIpc) is 2.60. The Balaban J connectivity index is 1.67. The Labute approximate surface area is 143 Å². The molecular formula is C19H16N2O4. The van der Waals surface area contributed by atoms with Crippen molar-refractivity contribution in [3.8, 4) is 5.75 Å². The van der Waals surface area contributed by atoms with Crippen molar-refractivity contribution in [3.05, 3.63) is 70.5 Å². The van der Waals surface area contributed by atoms with Crippen LogP contribution in [0.2, 0.25) is 0 Å². The van der Waals surface area contributed by atoms with Crippen LogP contribution in [0.3, 0.4) is 0 Å². The van der Waals surface area contributed by atoms with E-state index in [-0.39, 0.29) is 23.9 Å². The van der Waals surface area contributed by atoms with Crippen LogP contribution in [0.15, 0.2) is 59.4 Å².